The van der Waals surface area contributed by atoms with Crippen LogP contribution in [-0.4, -0.2) is 50.5 Å². The summed E-state index contributed by atoms with van der Waals surface area (Å²) in [6.07, 6.45) is -1.15. The summed E-state index contributed by atoms with van der Waals surface area (Å²) in [4.78, 5) is 33.8. The van der Waals surface area contributed by atoms with Crippen LogP contribution in [0.1, 0.15) is 60.6 Å². The first-order chi connectivity index (χ1) is 20.4. The molecule has 3 unspecified atom stereocenters. The second kappa shape index (κ2) is 10.8. The third kappa shape index (κ3) is 5.76. The number of aromatic nitrogens is 2. The van der Waals surface area contributed by atoms with Gasteiger partial charge in [0.15, 0.2) is 0 Å². The lowest BCUT2D eigenvalue weighted by Gasteiger charge is -2.43. The number of β-amino-alcohol motifs (C(OH)–C–C–N with tert-alkyl or cyclic N) is 1. The average molecular weight is 597 g/mol. The molecule has 0 aliphatic carbocycles. The quantitative estimate of drug-likeness (QED) is 0.238. The Labute approximate surface area is 243 Å². The number of imide groups is 1. The highest BCUT2D eigenvalue weighted by Gasteiger charge is 2.41. The maximum atomic E-state index is 16.0. The Morgan fingerprint density at radius 2 is 1.91 bits per heavy atom. The van der Waals surface area contributed by atoms with Crippen LogP contribution in [0, 0.1) is 5.82 Å². The second-order valence-electron chi connectivity index (χ2n) is 11.4. The Hall–Kier alpha value is -4.16. The Morgan fingerprint density at radius 1 is 1.14 bits per heavy atom. The third-order valence-electron chi connectivity index (χ3n) is 8.30. The molecule has 2 aromatic heterocycles. The van der Waals surface area contributed by atoms with Crippen LogP contribution in [0.25, 0.3) is 22.2 Å². The van der Waals surface area contributed by atoms with Crippen LogP contribution in [-0.2, 0) is 22.3 Å². The Kier molecular flexibility index (Phi) is 7.29. The molecular formula is C31H28F4N4O4. The minimum Gasteiger partial charge on any atom is -0.441 e. The van der Waals surface area contributed by atoms with E-state index in [0.29, 0.717) is 48.1 Å². The van der Waals surface area contributed by atoms with Crippen molar-refractivity contribution in [2.24, 2.45) is 0 Å². The fourth-order valence-corrected chi connectivity index (χ4v) is 6.13. The van der Waals surface area contributed by atoms with Gasteiger partial charge in [0.2, 0.25) is 11.8 Å². The van der Waals surface area contributed by atoms with E-state index in [2.05, 4.69) is 19.7 Å². The largest absolute Gasteiger partial charge is 0.468 e. The van der Waals surface area contributed by atoms with Gasteiger partial charge in [-0.05, 0) is 55.1 Å². The minimum absolute atomic E-state index is 0.0828. The van der Waals surface area contributed by atoms with Gasteiger partial charge in [-0.25, -0.2) is 9.37 Å². The van der Waals surface area contributed by atoms with Crippen molar-refractivity contribution in [3.63, 3.8) is 0 Å². The molecule has 2 aromatic carbocycles. The lowest BCUT2D eigenvalue weighted by atomic mass is 9.77. The van der Waals surface area contributed by atoms with Crippen molar-refractivity contribution in [3.05, 3.63) is 83.3 Å². The van der Waals surface area contributed by atoms with E-state index in [1.807, 2.05) is 4.90 Å². The second-order valence-corrected chi connectivity index (χ2v) is 11.4. The number of pyridine rings is 1. The summed E-state index contributed by atoms with van der Waals surface area (Å²) in [5.41, 5.74) is 1.52. The van der Waals surface area contributed by atoms with E-state index >= 15 is 4.39 Å². The molecule has 4 heterocycles. The van der Waals surface area contributed by atoms with Crippen LogP contribution >= 0.6 is 0 Å². The van der Waals surface area contributed by atoms with E-state index in [9.17, 15) is 27.9 Å². The molecule has 2 saturated heterocycles. The molecule has 3 atom stereocenters. The molecule has 6 rings (SSSR count). The molecule has 2 aliphatic heterocycles. The normalized spacial score (nSPS) is 23.5. The van der Waals surface area contributed by atoms with Crippen LogP contribution in [0.3, 0.4) is 0 Å². The number of hydrogen-bond donors (Lipinski definition) is 2. The zero-order valence-corrected chi connectivity index (χ0v) is 23.1. The number of aliphatic hydroxyl groups is 1. The third-order valence-corrected chi connectivity index (χ3v) is 8.30. The van der Waals surface area contributed by atoms with Gasteiger partial charge in [0.1, 0.15) is 17.8 Å². The number of nitrogens with zero attached hydrogens (tertiary/aromatic N) is 3. The molecule has 0 spiro atoms. The molecule has 12 heteroatoms. The maximum absolute atomic E-state index is 16.0. The molecule has 4 aromatic rings. The Bertz CT molecular complexity index is 1700. The zero-order chi connectivity index (χ0) is 30.5. The topological polar surface area (TPSA) is 109 Å². The summed E-state index contributed by atoms with van der Waals surface area (Å²) in [6, 6.07) is 11.9. The van der Waals surface area contributed by atoms with Crippen molar-refractivity contribution in [2.45, 2.75) is 56.3 Å². The van der Waals surface area contributed by atoms with Crippen LogP contribution in [0.4, 0.5) is 17.6 Å². The van der Waals surface area contributed by atoms with Gasteiger partial charge in [0.25, 0.3) is 0 Å². The predicted octanol–water partition coefficient (Wildman–Crippen LogP) is 5.31. The van der Waals surface area contributed by atoms with E-state index in [4.69, 9.17) is 0 Å². The van der Waals surface area contributed by atoms with E-state index in [0.717, 1.165) is 11.8 Å². The SMILES string of the molecule is CC1(O)CN(Cc2ccc(-c3coc(C(F)(F)F)n3)cc2)CCC1c1ccc2ncc(C3CCC(=O)NC3=O)cc2c1F. The molecule has 2 aliphatic rings. The van der Waals surface area contributed by atoms with Crippen LogP contribution in [0.15, 0.2) is 59.3 Å². The van der Waals surface area contributed by atoms with Gasteiger partial charge < -0.3 is 9.52 Å². The molecule has 0 bridgehead atoms. The Morgan fingerprint density at radius 3 is 2.58 bits per heavy atom. The number of rotatable bonds is 5. The molecule has 0 radical (unpaired) electrons. The highest BCUT2D eigenvalue weighted by atomic mass is 19.4. The number of alkyl halides is 3. The molecule has 2 fully saturated rings. The fourth-order valence-electron chi connectivity index (χ4n) is 6.13. The number of halogens is 4. The van der Waals surface area contributed by atoms with Gasteiger partial charge >= 0.3 is 12.1 Å². The number of nitrogens with one attached hydrogen (secondary N) is 1. The van der Waals surface area contributed by atoms with Gasteiger partial charge in [-0.15, -0.1) is 0 Å². The van der Waals surface area contributed by atoms with Crippen molar-refractivity contribution in [3.8, 4) is 11.3 Å². The highest BCUT2D eigenvalue weighted by Crippen LogP contribution is 2.40. The van der Waals surface area contributed by atoms with Gasteiger partial charge in [-0.3, -0.25) is 24.8 Å². The van der Waals surface area contributed by atoms with Crippen LogP contribution in [0.5, 0.6) is 0 Å². The fraction of sp³-hybridized carbons (Fsp3) is 0.355. The van der Waals surface area contributed by atoms with E-state index in [-0.39, 0.29) is 30.0 Å². The maximum Gasteiger partial charge on any atom is 0.468 e. The first kappa shape index (κ1) is 28.9. The van der Waals surface area contributed by atoms with Gasteiger partial charge in [-0.1, -0.05) is 30.3 Å². The van der Waals surface area contributed by atoms with Gasteiger partial charge in [-0.2, -0.15) is 13.2 Å². The average Bonchev–Trinajstić information content (AvgIpc) is 3.45. The highest BCUT2D eigenvalue weighted by molar-refractivity contribution is 6.01. The summed E-state index contributed by atoms with van der Waals surface area (Å²) in [5.74, 6) is -3.63. The summed E-state index contributed by atoms with van der Waals surface area (Å²) >= 11 is 0. The first-order valence-corrected chi connectivity index (χ1v) is 13.9. The minimum atomic E-state index is -4.66. The zero-order valence-electron chi connectivity index (χ0n) is 23.1. The number of oxazole rings is 1. The molecule has 2 amide bonds. The van der Waals surface area contributed by atoms with Crippen LogP contribution < -0.4 is 5.32 Å². The predicted molar refractivity (Wildman–Crippen MR) is 147 cm³/mol. The van der Waals surface area contributed by atoms with E-state index < -0.39 is 41.2 Å². The summed E-state index contributed by atoms with van der Waals surface area (Å²) < 4.78 is 59.0. The van der Waals surface area contributed by atoms with Crippen molar-refractivity contribution in [2.75, 3.05) is 13.1 Å². The molecule has 224 valence electrons. The standard InChI is InChI=1S/C31H28F4N4O4/c1-30(42)16-39(14-17-2-4-18(5-3-17)25-15-43-29(37-25)31(33,34)35)11-10-23(30)21-6-8-24-22(27(21)32)12-19(13-36-24)20-7-9-26(40)38-28(20)41/h2-6,8,12-13,15,20,23,42H,7,9-11,14,16H2,1H3,(H,38,40,41). The smallest absolute Gasteiger partial charge is 0.441 e. The number of carbonyl (C=O) groups is 2. The molecule has 43 heavy (non-hydrogen) atoms. The van der Waals surface area contributed by atoms with Gasteiger partial charge in [0.05, 0.1) is 17.0 Å². The Balaban J connectivity index is 1.16. The number of fused-ring (bicyclic) bond motifs is 1. The molecule has 2 N–H and O–H groups in total. The van der Waals surface area contributed by atoms with Crippen molar-refractivity contribution >= 4 is 22.7 Å². The first-order valence-electron chi connectivity index (χ1n) is 13.9. The molecule has 0 saturated carbocycles. The van der Waals surface area contributed by atoms with E-state index in [1.54, 1.807) is 49.4 Å². The van der Waals surface area contributed by atoms with Crippen LogP contribution in [0.2, 0.25) is 0 Å². The summed E-state index contributed by atoms with van der Waals surface area (Å²) in [6.45, 7) is 3.00. The summed E-state index contributed by atoms with van der Waals surface area (Å²) in [5, 5.41) is 14.1. The van der Waals surface area contributed by atoms with E-state index in [1.165, 1.54) is 6.20 Å². The number of carbonyl (C=O) groups excluding carboxylic acids is 2. The molecule has 8 nitrogen and oxygen atoms in total. The number of benzene rings is 2. The van der Waals surface area contributed by atoms with Crippen molar-refractivity contribution in [1.29, 1.82) is 0 Å². The van der Waals surface area contributed by atoms with Crippen molar-refractivity contribution in [1.82, 2.24) is 20.2 Å². The molecular weight excluding hydrogens is 568 g/mol. The number of likely N-dealkylation sites (tertiary alicyclic amines) is 1. The van der Waals surface area contributed by atoms with Gasteiger partial charge in [0, 0.05) is 42.6 Å². The lowest BCUT2D eigenvalue weighted by molar-refractivity contribution is -0.157. The number of amides is 2. The number of piperidine rings is 2. The lowest BCUT2D eigenvalue weighted by Crippen LogP contribution is -2.50. The monoisotopic (exact) mass is 596 g/mol. The summed E-state index contributed by atoms with van der Waals surface area (Å²) in [7, 11) is 0. The van der Waals surface area contributed by atoms with Crippen molar-refractivity contribution < 1.29 is 36.7 Å². The number of hydrogen-bond acceptors (Lipinski definition) is 7.